The van der Waals surface area contributed by atoms with Crippen molar-refractivity contribution in [3.05, 3.63) is 29.8 Å². The van der Waals surface area contributed by atoms with Crippen LogP contribution in [0.25, 0.3) is 0 Å². The van der Waals surface area contributed by atoms with E-state index < -0.39 is 0 Å². The van der Waals surface area contributed by atoms with Crippen molar-refractivity contribution >= 4 is 5.97 Å². The van der Waals surface area contributed by atoms with E-state index >= 15 is 0 Å². The minimum absolute atomic E-state index is 0.246. The van der Waals surface area contributed by atoms with Gasteiger partial charge in [0.25, 0.3) is 0 Å². The second-order valence-electron chi connectivity index (χ2n) is 4.09. The molecule has 0 aliphatic carbocycles. The average molecular weight is 251 g/mol. The Morgan fingerprint density at radius 3 is 2.83 bits per heavy atom. The molecule has 1 N–H and O–H groups in total. The molecule has 1 rings (SSSR count). The van der Waals surface area contributed by atoms with Crippen molar-refractivity contribution in [1.82, 2.24) is 5.32 Å². The second kappa shape index (κ2) is 7.71. The minimum Gasteiger partial charge on any atom is -0.494 e. The summed E-state index contributed by atoms with van der Waals surface area (Å²) in [6.07, 6.45) is 0.592. The van der Waals surface area contributed by atoms with Crippen molar-refractivity contribution in [3.8, 4) is 5.75 Å². The van der Waals surface area contributed by atoms with Gasteiger partial charge in [0, 0.05) is 6.42 Å². The molecule has 0 radical (unpaired) electrons. The third kappa shape index (κ3) is 4.75. The fraction of sp³-hybridized carbons (Fsp3) is 0.500. The van der Waals surface area contributed by atoms with Gasteiger partial charge in [-0.25, -0.2) is 0 Å². The Morgan fingerprint density at radius 2 is 2.22 bits per heavy atom. The first kappa shape index (κ1) is 14.5. The van der Waals surface area contributed by atoms with Crippen molar-refractivity contribution in [1.29, 1.82) is 0 Å². The lowest BCUT2D eigenvalue weighted by atomic mass is 10.2. The second-order valence-corrected chi connectivity index (χ2v) is 4.09. The molecule has 18 heavy (non-hydrogen) atoms. The fourth-order valence-electron chi connectivity index (χ4n) is 1.69. The Hall–Kier alpha value is -1.55. The highest BCUT2D eigenvalue weighted by Crippen LogP contribution is 2.12. The summed E-state index contributed by atoms with van der Waals surface area (Å²) in [5.41, 5.74) is 1.16. The fourth-order valence-corrected chi connectivity index (χ4v) is 1.69. The van der Waals surface area contributed by atoms with Crippen LogP contribution in [0, 0.1) is 6.92 Å². The van der Waals surface area contributed by atoms with Gasteiger partial charge in [-0.05, 0) is 31.2 Å². The Labute approximate surface area is 108 Å². The van der Waals surface area contributed by atoms with Gasteiger partial charge in [-0.2, -0.15) is 0 Å². The topological polar surface area (TPSA) is 47.6 Å². The summed E-state index contributed by atoms with van der Waals surface area (Å²) in [6, 6.07) is 7.55. The van der Waals surface area contributed by atoms with Crippen LogP contribution in [0.1, 0.15) is 18.9 Å². The lowest BCUT2D eigenvalue weighted by Gasteiger charge is -2.15. The van der Waals surface area contributed by atoms with E-state index in [2.05, 4.69) is 5.32 Å². The highest BCUT2D eigenvalue weighted by atomic mass is 16.5. The summed E-state index contributed by atoms with van der Waals surface area (Å²) in [5, 5.41) is 3.08. The van der Waals surface area contributed by atoms with E-state index in [1.165, 1.54) is 7.11 Å². The van der Waals surface area contributed by atoms with Crippen LogP contribution in [0.4, 0.5) is 0 Å². The van der Waals surface area contributed by atoms with Gasteiger partial charge in [-0.1, -0.05) is 19.1 Å². The van der Waals surface area contributed by atoms with Crippen LogP contribution in [0.5, 0.6) is 5.75 Å². The molecule has 0 fully saturated rings. The maximum absolute atomic E-state index is 11.5. The van der Waals surface area contributed by atoms with Crippen molar-refractivity contribution in [2.75, 3.05) is 20.3 Å². The number of benzene rings is 1. The smallest absolute Gasteiger partial charge is 0.322 e. The zero-order valence-electron chi connectivity index (χ0n) is 11.2. The zero-order chi connectivity index (χ0) is 13.4. The van der Waals surface area contributed by atoms with Gasteiger partial charge in [-0.3, -0.25) is 4.79 Å². The molecular weight excluding hydrogens is 230 g/mol. The third-order valence-electron chi connectivity index (χ3n) is 2.60. The number of likely N-dealkylation sites (N-methyl/N-ethyl adjacent to an activating group) is 1. The molecule has 0 heterocycles. The summed E-state index contributed by atoms with van der Waals surface area (Å²) in [7, 11) is 1.40. The Bertz CT molecular complexity index is 379. The number of esters is 1. The number of methoxy groups -OCH3 is 1. The van der Waals surface area contributed by atoms with Gasteiger partial charge in [0.1, 0.15) is 11.8 Å². The molecule has 1 unspecified atom stereocenters. The van der Waals surface area contributed by atoms with Gasteiger partial charge in [0.2, 0.25) is 0 Å². The summed E-state index contributed by atoms with van der Waals surface area (Å²) < 4.78 is 10.3. The van der Waals surface area contributed by atoms with Crippen LogP contribution in [-0.4, -0.2) is 32.3 Å². The van der Waals surface area contributed by atoms with Crippen LogP contribution in [0.2, 0.25) is 0 Å². The number of hydrogen-bond donors (Lipinski definition) is 1. The van der Waals surface area contributed by atoms with E-state index in [0.29, 0.717) is 13.0 Å². The van der Waals surface area contributed by atoms with Gasteiger partial charge in [-0.15, -0.1) is 0 Å². The molecule has 4 nitrogen and oxygen atoms in total. The quantitative estimate of drug-likeness (QED) is 0.752. The molecule has 0 spiro atoms. The number of ether oxygens (including phenoxy) is 2. The summed E-state index contributed by atoms with van der Waals surface area (Å²) in [4.78, 5) is 11.5. The van der Waals surface area contributed by atoms with Gasteiger partial charge in [0.05, 0.1) is 13.7 Å². The van der Waals surface area contributed by atoms with Crippen LogP contribution >= 0.6 is 0 Å². The molecule has 0 saturated carbocycles. The molecule has 4 heteroatoms. The summed E-state index contributed by atoms with van der Waals surface area (Å²) in [6.45, 7) is 5.18. The predicted octanol–water partition coefficient (Wildman–Crippen LogP) is 1.92. The van der Waals surface area contributed by atoms with E-state index in [4.69, 9.17) is 9.47 Å². The molecular formula is C14H21NO3. The van der Waals surface area contributed by atoms with E-state index in [-0.39, 0.29) is 12.0 Å². The van der Waals surface area contributed by atoms with Crippen LogP contribution in [-0.2, 0) is 9.53 Å². The number of aryl methyl sites for hydroxylation is 1. The molecule has 1 aromatic rings. The first-order chi connectivity index (χ1) is 8.67. The third-order valence-corrected chi connectivity index (χ3v) is 2.60. The van der Waals surface area contributed by atoms with E-state index in [0.717, 1.165) is 17.9 Å². The molecule has 0 aliphatic rings. The SMILES string of the molecule is CCNC(CCOc1cccc(C)c1)C(=O)OC. The van der Waals surface area contributed by atoms with Gasteiger partial charge < -0.3 is 14.8 Å². The zero-order valence-corrected chi connectivity index (χ0v) is 11.2. The van der Waals surface area contributed by atoms with Gasteiger partial charge >= 0.3 is 5.97 Å². The van der Waals surface area contributed by atoms with Crippen molar-refractivity contribution in [2.24, 2.45) is 0 Å². The van der Waals surface area contributed by atoms with Gasteiger partial charge in [0.15, 0.2) is 0 Å². The normalized spacial score (nSPS) is 11.9. The van der Waals surface area contributed by atoms with E-state index in [1.807, 2.05) is 38.1 Å². The van der Waals surface area contributed by atoms with Crippen LogP contribution in [0.15, 0.2) is 24.3 Å². The van der Waals surface area contributed by atoms with Crippen molar-refractivity contribution in [3.63, 3.8) is 0 Å². The molecule has 0 aliphatic heterocycles. The highest BCUT2D eigenvalue weighted by Gasteiger charge is 2.17. The maximum atomic E-state index is 11.5. The molecule has 0 saturated heterocycles. The molecule has 100 valence electrons. The number of nitrogens with one attached hydrogen (secondary N) is 1. The highest BCUT2D eigenvalue weighted by molar-refractivity contribution is 5.75. The molecule has 0 bridgehead atoms. The lowest BCUT2D eigenvalue weighted by Crippen LogP contribution is -2.38. The standard InChI is InChI=1S/C14H21NO3/c1-4-15-13(14(16)17-3)8-9-18-12-7-5-6-11(2)10-12/h5-7,10,13,15H,4,8-9H2,1-3H3. The largest absolute Gasteiger partial charge is 0.494 e. The Balaban J connectivity index is 2.41. The molecule has 1 atom stereocenters. The van der Waals surface area contributed by atoms with E-state index in [9.17, 15) is 4.79 Å². The van der Waals surface area contributed by atoms with E-state index in [1.54, 1.807) is 0 Å². The van der Waals surface area contributed by atoms with Crippen LogP contribution in [0.3, 0.4) is 0 Å². The molecule has 0 aromatic heterocycles. The number of hydrogen-bond acceptors (Lipinski definition) is 4. The average Bonchev–Trinajstić information content (AvgIpc) is 2.37. The molecule has 0 amide bonds. The Morgan fingerprint density at radius 1 is 1.44 bits per heavy atom. The van der Waals surface area contributed by atoms with Crippen LogP contribution < -0.4 is 10.1 Å². The number of carbonyl (C=O) groups is 1. The minimum atomic E-state index is -0.301. The monoisotopic (exact) mass is 251 g/mol. The number of rotatable bonds is 7. The van der Waals surface area contributed by atoms with Crippen molar-refractivity contribution in [2.45, 2.75) is 26.3 Å². The predicted molar refractivity (Wildman–Crippen MR) is 70.8 cm³/mol. The van der Waals surface area contributed by atoms with Crippen molar-refractivity contribution < 1.29 is 14.3 Å². The first-order valence-corrected chi connectivity index (χ1v) is 6.18. The molecule has 1 aromatic carbocycles. The summed E-state index contributed by atoms with van der Waals surface area (Å²) >= 11 is 0. The Kier molecular flexibility index (Phi) is 6.22. The first-order valence-electron chi connectivity index (χ1n) is 6.18. The maximum Gasteiger partial charge on any atom is 0.322 e. The summed E-state index contributed by atoms with van der Waals surface area (Å²) in [5.74, 6) is 0.583. The lowest BCUT2D eigenvalue weighted by molar-refractivity contribution is -0.143. The number of carbonyl (C=O) groups excluding carboxylic acids is 1.